The summed E-state index contributed by atoms with van der Waals surface area (Å²) in [4.78, 5) is 28.5. The number of alkyl halides is 3. The Labute approximate surface area is 232 Å². The maximum atomic E-state index is 12.2. The number of carbonyl (C=O) groups excluding carboxylic acids is 1. The number of piperidine rings is 1. The molecule has 4 atom stereocenters. The molecule has 5 rings (SSSR count). The number of hydrogen-bond donors (Lipinski definition) is 3. The first-order valence-corrected chi connectivity index (χ1v) is 13.9. The molecular weight excluding hydrogens is 525 g/mol. The van der Waals surface area contributed by atoms with E-state index in [9.17, 15) is 18.0 Å². The zero-order valence-corrected chi connectivity index (χ0v) is 22.6. The lowest BCUT2D eigenvalue weighted by atomic mass is 10.0. The lowest BCUT2D eigenvalue weighted by Gasteiger charge is -2.23. The molecule has 0 amide bonds. The second-order valence-corrected chi connectivity index (χ2v) is 10.5. The summed E-state index contributed by atoms with van der Waals surface area (Å²) in [6, 6.07) is 15.3. The number of rotatable bonds is 10. The highest BCUT2D eigenvalue weighted by atomic mass is 19.4. The van der Waals surface area contributed by atoms with E-state index in [0.717, 1.165) is 51.3 Å². The van der Waals surface area contributed by atoms with E-state index in [2.05, 4.69) is 39.8 Å². The summed E-state index contributed by atoms with van der Waals surface area (Å²) in [5.41, 5.74) is 3.73. The topological polar surface area (TPSA) is 104 Å². The molecule has 2 aliphatic heterocycles. The van der Waals surface area contributed by atoms with Crippen LogP contribution in [-0.4, -0.2) is 71.9 Å². The molecule has 0 radical (unpaired) electrons. The van der Waals surface area contributed by atoms with Gasteiger partial charge in [-0.15, -0.1) is 0 Å². The molecular formula is C29H37F3N4O4. The predicted molar refractivity (Wildman–Crippen MR) is 144 cm³/mol. The molecule has 2 fully saturated rings. The first-order valence-electron chi connectivity index (χ1n) is 13.9. The van der Waals surface area contributed by atoms with Gasteiger partial charge in [0.1, 0.15) is 5.82 Å². The molecule has 1 saturated carbocycles. The molecule has 1 aromatic heterocycles. The normalized spacial score (nSPS) is 22.1. The third kappa shape index (κ3) is 8.17. The van der Waals surface area contributed by atoms with Crippen molar-refractivity contribution in [2.75, 3.05) is 38.1 Å². The van der Waals surface area contributed by atoms with E-state index in [0.29, 0.717) is 30.9 Å². The van der Waals surface area contributed by atoms with Crippen LogP contribution in [0.15, 0.2) is 42.5 Å². The largest absolute Gasteiger partial charge is 0.490 e. The summed E-state index contributed by atoms with van der Waals surface area (Å²) < 4.78 is 37.0. The van der Waals surface area contributed by atoms with Crippen LogP contribution in [-0.2, 0) is 27.2 Å². The van der Waals surface area contributed by atoms with Crippen LogP contribution in [0.2, 0.25) is 0 Å². The molecule has 3 N–H and O–H groups in total. The number of nitrogens with zero attached hydrogens (tertiary/aromatic N) is 2. The van der Waals surface area contributed by atoms with E-state index in [-0.39, 0.29) is 12.0 Å². The van der Waals surface area contributed by atoms with Crippen molar-refractivity contribution in [1.82, 2.24) is 15.2 Å². The Hall–Kier alpha value is -3.18. The van der Waals surface area contributed by atoms with Crippen LogP contribution in [0.25, 0.3) is 0 Å². The third-order valence-electron chi connectivity index (χ3n) is 7.64. The van der Waals surface area contributed by atoms with E-state index in [4.69, 9.17) is 19.6 Å². The number of halogens is 3. The van der Waals surface area contributed by atoms with E-state index < -0.39 is 12.1 Å². The van der Waals surface area contributed by atoms with Gasteiger partial charge in [-0.3, -0.25) is 4.79 Å². The second-order valence-electron chi connectivity index (χ2n) is 10.5. The minimum Gasteiger partial charge on any atom is -0.475 e. The number of carbonyl (C=O) groups is 2. The molecule has 2 unspecified atom stereocenters. The quantitative estimate of drug-likeness (QED) is 0.370. The van der Waals surface area contributed by atoms with Gasteiger partial charge in [0.15, 0.2) is 0 Å². The van der Waals surface area contributed by atoms with Crippen molar-refractivity contribution in [3.8, 4) is 0 Å². The molecule has 218 valence electrons. The number of anilines is 1. The van der Waals surface area contributed by atoms with Gasteiger partial charge in [0.25, 0.3) is 0 Å². The van der Waals surface area contributed by atoms with Crippen molar-refractivity contribution >= 4 is 17.8 Å². The summed E-state index contributed by atoms with van der Waals surface area (Å²) in [5.74, 6) is -0.385. The highest BCUT2D eigenvalue weighted by molar-refractivity contribution is 5.73. The van der Waals surface area contributed by atoms with Crippen molar-refractivity contribution < 1.29 is 32.6 Å². The average Bonchev–Trinajstić information content (AvgIpc) is 3.36. The van der Waals surface area contributed by atoms with Crippen LogP contribution in [0.1, 0.15) is 49.0 Å². The summed E-state index contributed by atoms with van der Waals surface area (Å²) in [7, 11) is 0. The number of benzene rings is 1. The molecule has 8 nitrogen and oxygen atoms in total. The summed E-state index contributed by atoms with van der Waals surface area (Å²) in [6.07, 6.45) is -0.153. The number of aliphatic carboxylic acids is 1. The van der Waals surface area contributed by atoms with Crippen LogP contribution >= 0.6 is 0 Å². The number of aryl methyl sites for hydroxylation is 2. The van der Waals surface area contributed by atoms with Gasteiger partial charge in [-0.05, 0) is 68.2 Å². The number of hydrogen-bond acceptors (Lipinski definition) is 7. The van der Waals surface area contributed by atoms with Crippen molar-refractivity contribution in [2.24, 2.45) is 11.8 Å². The molecule has 0 bridgehead atoms. The van der Waals surface area contributed by atoms with E-state index in [1.165, 1.54) is 23.2 Å². The minimum atomic E-state index is -5.08. The molecule has 1 aromatic carbocycles. The van der Waals surface area contributed by atoms with Gasteiger partial charge in [0.05, 0.1) is 13.0 Å². The van der Waals surface area contributed by atoms with Gasteiger partial charge in [-0.2, -0.15) is 13.2 Å². The number of nitrogens with one attached hydrogen (secondary N) is 2. The molecule has 3 aliphatic rings. The summed E-state index contributed by atoms with van der Waals surface area (Å²) in [6.45, 7) is 6.78. The van der Waals surface area contributed by atoms with Gasteiger partial charge < -0.3 is 25.4 Å². The van der Waals surface area contributed by atoms with Crippen LogP contribution in [0.5, 0.6) is 0 Å². The van der Waals surface area contributed by atoms with Crippen LogP contribution in [0.3, 0.4) is 0 Å². The van der Waals surface area contributed by atoms with Gasteiger partial charge in [0, 0.05) is 37.4 Å². The first kappa shape index (κ1) is 29.8. The van der Waals surface area contributed by atoms with E-state index in [1.54, 1.807) is 0 Å². The maximum Gasteiger partial charge on any atom is 0.490 e. The van der Waals surface area contributed by atoms with Crippen LogP contribution in [0, 0.1) is 11.8 Å². The van der Waals surface area contributed by atoms with Gasteiger partial charge >= 0.3 is 18.1 Å². The Bertz CT molecular complexity index is 1140. The number of pyridine rings is 1. The van der Waals surface area contributed by atoms with Crippen LogP contribution < -0.4 is 10.6 Å². The third-order valence-corrected chi connectivity index (χ3v) is 7.64. The fourth-order valence-corrected chi connectivity index (χ4v) is 5.61. The van der Waals surface area contributed by atoms with Crippen molar-refractivity contribution in [3.63, 3.8) is 0 Å². The first-order chi connectivity index (χ1) is 19.2. The van der Waals surface area contributed by atoms with E-state index in [1.807, 2.05) is 25.1 Å². The molecule has 3 heterocycles. The number of esters is 1. The standard InChI is InChI=1S/C27H36N4O2.C2HF3O2/c1-2-33-25(32)16-24(19-8-4-3-5-9-19)30-26-22-17-31(18-23(22)26)15-7-11-21-13-12-20-10-6-14-28-27(20)29-21;3-2(4,5)1(6)7/h3-5,8-9,12-13,22-24,26,30H,2,6-7,10-11,14-18H2,1H3,(H,28,29);(H,6,7)/t22-,23+,24?,26?;. The van der Waals surface area contributed by atoms with Crippen molar-refractivity contribution in [3.05, 3.63) is 59.3 Å². The van der Waals surface area contributed by atoms with Gasteiger partial charge in [-0.25, -0.2) is 9.78 Å². The molecule has 1 aliphatic carbocycles. The van der Waals surface area contributed by atoms with Crippen molar-refractivity contribution in [1.29, 1.82) is 0 Å². The Balaban J connectivity index is 0.000000470. The zero-order valence-electron chi connectivity index (χ0n) is 22.6. The summed E-state index contributed by atoms with van der Waals surface area (Å²) in [5, 5.41) is 14.4. The number of likely N-dealkylation sites (tertiary alicyclic amines) is 1. The number of ether oxygens (including phenoxy) is 1. The number of carboxylic acid groups (broad SMARTS) is 1. The van der Waals surface area contributed by atoms with Crippen LogP contribution in [0.4, 0.5) is 19.0 Å². The van der Waals surface area contributed by atoms with Crippen molar-refractivity contribution in [2.45, 2.75) is 57.3 Å². The molecule has 11 heteroatoms. The Morgan fingerprint density at radius 3 is 2.52 bits per heavy atom. The summed E-state index contributed by atoms with van der Waals surface area (Å²) >= 11 is 0. The Morgan fingerprint density at radius 2 is 1.88 bits per heavy atom. The second kappa shape index (κ2) is 13.5. The van der Waals surface area contributed by atoms with E-state index >= 15 is 0 Å². The molecule has 40 heavy (non-hydrogen) atoms. The Kier molecular flexibility index (Phi) is 10.0. The number of fused-ring (bicyclic) bond motifs is 2. The van der Waals surface area contributed by atoms with Gasteiger partial charge in [-0.1, -0.05) is 36.4 Å². The number of aromatic nitrogens is 1. The lowest BCUT2D eigenvalue weighted by molar-refractivity contribution is -0.192. The maximum absolute atomic E-state index is 12.2. The predicted octanol–water partition coefficient (Wildman–Crippen LogP) is 4.22. The highest BCUT2D eigenvalue weighted by Crippen LogP contribution is 2.46. The average molecular weight is 563 g/mol. The molecule has 0 spiro atoms. The fourth-order valence-electron chi connectivity index (χ4n) is 5.61. The fraction of sp³-hybridized carbons (Fsp3) is 0.552. The number of carboxylic acids is 1. The highest BCUT2D eigenvalue weighted by Gasteiger charge is 2.55. The lowest BCUT2D eigenvalue weighted by Crippen LogP contribution is -2.35. The van der Waals surface area contributed by atoms with Gasteiger partial charge in [0.2, 0.25) is 0 Å². The minimum absolute atomic E-state index is 0.0259. The monoisotopic (exact) mass is 562 g/mol. The smallest absolute Gasteiger partial charge is 0.475 e. The SMILES string of the molecule is CCOC(=O)CC(NC1[C@H]2CN(CCCc3ccc4c(n3)NCCC4)C[C@@H]12)c1ccccc1.O=C(O)C(F)(F)F. The zero-order chi connectivity index (χ0) is 28.7. The molecule has 2 aromatic rings. The Morgan fingerprint density at radius 1 is 1.18 bits per heavy atom. The molecule has 1 saturated heterocycles.